The fourth-order valence-electron chi connectivity index (χ4n) is 1.93. The third-order valence-corrected chi connectivity index (χ3v) is 2.88. The van der Waals surface area contributed by atoms with Gasteiger partial charge < -0.3 is 10.1 Å². The predicted molar refractivity (Wildman–Crippen MR) is 71.5 cm³/mol. The topological polar surface area (TPSA) is 92.8 Å². The molecule has 0 unspecified atom stereocenters. The average Bonchev–Trinajstić information content (AvgIpc) is 3.03. The van der Waals surface area contributed by atoms with Crippen molar-refractivity contribution in [2.24, 2.45) is 0 Å². The first kappa shape index (κ1) is 12.3. The summed E-state index contributed by atoms with van der Waals surface area (Å²) in [6.45, 7) is 0.585. The van der Waals surface area contributed by atoms with Crippen LogP contribution in [0.4, 0.5) is 5.69 Å². The number of allylic oxidation sites excluding steroid dienone is 1. The van der Waals surface area contributed by atoms with Crippen LogP contribution in [0, 0.1) is 0 Å². The molecular weight excluding hydrogens is 258 g/mol. The number of hydrogen-bond donors (Lipinski definition) is 2. The SMILES string of the molecule is O=C(Nc1cccc(-c2nn[nH]n2)c1)C1=CCCCO1. The standard InChI is InChI=1S/C13H13N5O2/c19-13(11-6-1-2-7-20-11)14-10-5-3-4-9(8-10)12-15-17-18-16-12/h3-6,8H,1-2,7H2,(H,14,19)(H,15,16,17,18). The van der Waals surface area contributed by atoms with Gasteiger partial charge >= 0.3 is 0 Å². The summed E-state index contributed by atoms with van der Waals surface area (Å²) in [6.07, 6.45) is 3.62. The van der Waals surface area contributed by atoms with Crippen molar-refractivity contribution in [1.82, 2.24) is 20.6 Å². The average molecular weight is 271 g/mol. The number of aromatic nitrogens is 4. The lowest BCUT2D eigenvalue weighted by Gasteiger charge is -2.14. The number of nitrogens with one attached hydrogen (secondary N) is 2. The second kappa shape index (κ2) is 5.52. The quantitative estimate of drug-likeness (QED) is 0.882. The van der Waals surface area contributed by atoms with Gasteiger partial charge in [0.2, 0.25) is 5.82 Å². The smallest absolute Gasteiger partial charge is 0.290 e. The zero-order valence-electron chi connectivity index (χ0n) is 10.7. The number of anilines is 1. The molecule has 1 aliphatic rings. The highest BCUT2D eigenvalue weighted by molar-refractivity contribution is 6.02. The van der Waals surface area contributed by atoms with Gasteiger partial charge in [-0.15, -0.1) is 10.2 Å². The van der Waals surface area contributed by atoms with Crippen LogP contribution in [0.2, 0.25) is 0 Å². The third-order valence-electron chi connectivity index (χ3n) is 2.88. The molecule has 0 fully saturated rings. The Bertz CT molecular complexity index is 636. The number of aromatic amines is 1. The summed E-state index contributed by atoms with van der Waals surface area (Å²) >= 11 is 0. The minimum Gasteiger partial charge on any atom is -0.488 e. The molecule has 2 N–H and O–H groups in total. The Balaban J connectivity index is 1.76. The van der Waals surface area contributed by atoms with E-state index < -0.39 is 0 Å². The van der Waals surface area contributed by atoms with Crippen molar-refractivity contribution in [3.63, 3.8) is 0 Å². The lowest BCUT2D eigenvalue weighted by atomic mass is 10.2. The maximum Gasteiger partial charge on any atom is 0.290 e. The Morgan fingerprint density at radius 2 is 2.35 bits per heavy atom. The van der Waals surface area contributed by atoms with E-state index in [1.165, 1.54) is 0 Å². The molecule has 0 saturated carbocycles. The molecule has 102 valence electrons. The van der Waals surface area contributed by atoms with Gasteiger partial charge in [0.1, 0.15) is 0 Å². The lowest BCUT2D eigenvalue weighted by Crippen LogP contribution is -2.18. The largest absolute Gasteiger partial charge is 0.488 e. The minimum atomic E-state index is -0.241. The van der Waals surface area contributed by atoms with Crippen molar-refractivity contribution in [3.8, 4) is 11.4 Å². The number of H-pyrrole nitrogens is 1. The number of nitrogens with zero attached hydrogens (tertiary/aromatic N) is 3. The van der Waals surface area contributed by atoms with E-state index in [0.717, 1.165) is 18.4 Å². The van der Waals surface area contributed by atoms with E-state index >= 15 is 0 Å². The number of carbonyl (C=O) groups is 1. The van der Waals surface area contributed by atoms with E-state index in [4.69, 9.17) is 4.74 Å². The number of hydrogen-bond acceptors (Lipinski definition) is 5. The van der Waals surface area contributed by atoms with Gasteiger partial charge in [-0.25, -0.2) is 0 Å². The van der Waals surface area contributed by atoms with Crippen LogP contribution in [-0.4, -0.2) is 33.1 Å². The number of amides is 1. The zero-order valence-corrected chi connectivity index (χ0v) is 10.7. The Morgan fingerprint density at radius 3 is 3.10 bits per heavy atom. The van der Waals surface area contributed by atoms with E-state index in [1.807, 2.05) is 18.2 Å². The lowest BCUT2D eigenvalue weighted by molar-refractivity contribution is -0.116. The number of benzene rings is 1. The monoisotopic (exact) mass is 271 g/mol. The third kappa shape index (κ3) is 2.66. The van der Waals surface area contributed by atoms with Crippen molar-refractivity contribution in [2.45, 2.75) is 12.8 Å². The number of tetrazole rings is 1. The van der Waals surface area contributed by atoms with Crippen molar-refractivity contribution in [1.29, 1.82) is 0 Å². The Morgan fingerprint density at radius 1 is 1.40 bits per heavy atom. The van der Waals surface area contributed by atoms with Crippen LogP contribution >= 0.6 is 0 Å². The summed E-state index contributed by atoms with van der Waals surface area (Å²) in [4.78, 5) is 12.0. The maximum atomic E-state index is 12.0. The molecule has 1 amide bonds. The van der Waals surface area contributed by atoms with Gasteiger partial charge in [0, 0.05) is 11.3 Å². The van der Waals surface area contributed by atoms with E-state index in [0.29, 0.717) is 23.9 Å². The van der Waals surface area contributed by atoms with E-state index in [-0.39, 0.29) is 5.91 Å². The summed E-state index contributed by atoms with van der Waals surface area (Å²) in [6, 6.07) is 7.24. The summed E-state index contributed by atoms with van der Waals surface area (Å²) in [5, 5.41) is 16.5. The highest BCUT2D eigenvalue weighted by Crippen LogP contribution is 2.19. The maximum absolute atomic E-state index is 12.0. The van der Waals surface area contributed by atoms with Gasteiger partial charge in [-0.05, 0) is 36.3 Å². The van der Waals surface area contributed by atoms with Crippen LogP contribution in [0.1, 0.15) is 12.8 Å². The molecular formula is C13H13N5O2. The Kier molecular flexibility index (Phi) is 3.40. The minimum absolute atomic E-state index is 0.241. The molecule has 7 heteroatoms. The number of ether oxygens (including phenoxy) is 1. The molecule has 1 aromatic carbocycles. The van der Waals surface area contributed by atoms with Crippen LogP contribution in [0.25, 0.3) is 11.4 Å². The highest BCUT2D eigenvalue weighted by Gasteiger charge is 2.14. The summed E-state index contributed by atoms with van der Waals surface area (Å²) < 4.78 is 5.32. The molecule has 1 aromatic heterocycles. The van der Waals surface area contributed by atoms with Crippen LogP contribution in [0.15, 0.2) is 36.1 Å². The van der Waals surface area contributed by atoms with E-state index in [2.05, 4.69) is 25.9 Å². The van der Waals surface area contributed by atoms with E-state index in [9.17, 15) is 4.79 Å². The number of carbonyl (C=O) groups excluding carboxylic acids is 1. The fraction of sp³-hybridized carbons (Fsp3) is 0.231. The Labute approximate surface area is 115 Å². The van der Waals surface area contributed by atoms with E-state index in [1.54, 1.807) is 12.1 Å². The second-order valence-electron chi connectivity index (χ2n) is 4.33. The molecule has 2 heterocycles. The van der Waals surface area contributed by atoms with Crippen LogP contribution in [0.3, 0.4) is 0 Å². The molecule has 0 aliphatic carbocycles. The molecule has 3 rings (SSSR count). The van der Waals surface area contributed by atoms with Gasteiger partial charge in [0.25, 0.3) is 5.91 Å². The molecule has 20 heavy (non-hydrogen) atoms. The van der Waals surface area contributed by atoms with Gasteiger partial charge in [-0.2, -0.15) is 5.21 Å². The molecule has 0 spiro atoms. The molecule has 1 aliphatic heterocycles. The summed E-state index contributed by atoms with van der Waals surface area (Å²) in [5.41, 5.74) is 1.43. The van der Waals surface area contributed by atoms with Crippen molar-refractivity contribution < 1.29 is 9.53 Å². The van der Waals surface area contributed by atoms with Gasteiger partial charge in [-0.3, -0.25) is 4.79 Å². The summed E-state index contributed by atoms with van der Waals surface area (Å²) in [7, 11) is 0. The van der Waals surface area contributed by atoms with Crippen LogP contribution in [-0.2, 0) is 9.53 Å². The normalized spacial score (nSPS) is 14.3. The van der Waals surface area contributed by atoms with Crippen LogP contribution < -0.4 is 5.32 Å². The molecule has 0 saturated heterocycles. The Hall–Kier alpha value is -2.70. The van der Waals surface area contributed by atoms with Gasteiger partial charge in [0.15, 0.2) is 5.76 Å². The van der Waals surface area contributed by atoms with Crippen molar-refractivity contribution in [3.05, 3.63) is 36.1 Å². The van der Waals surface area contributed by atoms with Crippen molar-refractivity contribution in [2.75, 3.05) is 11.9 Å². The molecule has 0 radical (unpaired) electrons. The van der Waals surface area contributed by atoms with Crippen molar-refractivity contribution >= 4 is 11.6 Å². The molecule has 0 bridgehead atoms. The predicted octanol–water partition coefficient (Wildman–Crippen LogP) is 1.50. The first-order valence-electron chi connectivity index (χ1n) is 6.31. The molecule has 2 aromatic rings. The van der Waals surface area contributed by atoms with Gasteiger partial charge in [-0.1, -0.05) is 12.1 Å². The summed E-state index contributed by atoms with van der Waals surface area (Å²) in [5.74, 6) is 0.616. The van der Waals surface area contributed by atoms with Gasteiger partial charge in [0.05, 0.1) is 6.61 Å². The second-order valence-corrected chi connectivity index (χ2v) is 4.33. The van der Waals surface area contributed by atoms with Crippen LogP contribution in [0.5, 0.6) is 0 Å². The first-order valence-corrected chi connectivity index (χ1v) is 6.31. The molecule has 7 nitrogen and oxygen atoms in total. The first-order chi connectivity index (χ1) is 9.83. The zero-order chi connectivity index (χ0) is 13.8. The fourth-order valence-corrected chi connectivity index (χ4v) is 1.93. The molecule has 0 atom stereocenters. The highest BCUT2D eigenvalue weighted by atomic mass is 16.5. The number of rotatable bonds is 3.